The molecule has 10 atom stereocenters. The zero-order chi connectivity index (χ0) is 45.5. The van der Waals surface area contributed by atoms with E-state index >= 15 is 4.79 Å². The lowest BCUT2D eigenvalue weighted by atomic mass is 9.49. The zero-order valence-corrected chi connectivity index (χ0v) is 38.4. The lowest BCUT2D eigenvalue weighted by Gasteiger charge is -2.58. The molecule has 14 nitrogen and oxygen atoms in total. The van der Waals surface area contributed by atoms with Gasteiger partial charge in [0.25, 0.3) is 5.60 Å². The predicted octanol–water partition coefficient (Wildman–Crippen LogP) is 5.42. The summed E-state index contributed by atoms with van der Waals surface area (Å²) in [4.78, 5) is 58.6. The van der Waals surface area contributed by atoms with E-state index in [-0.39, 0.29) is 12.0 Å². The summed E-state index contributed by atoms with van der Waals surface area (Å²) in [6.45, 7) is 8.80. The number of aromatic amines is 1. The van der Waals surface area contributed by atoms with Crippen LogP contribution >= 0.6 is 0 Å². The fourth-order valence-corrected chi connectivity index (χ4v) is 14.6. The quantitative estimate of drug-likeness (QED) is 0.100. The normalized spacial score (nSPS) is 36.2. The average molecular weight is 886 g/mol. The van der Waals surface area contributed by atoms with Crippen LogP contribution in [0.4, 0.5) is 5.69 Å². The summed E-state index contributed by atoms with van der Waals surface area (Å²) in [7, 11) is 6.38. The number of piperidine rings is 1. The number of nitrogens with zero attached hydrogens (tertiary/aromatic N) is 4. The summed E-state index contributed by atoms with van der Waals surface area (Å²) in [6.07, 6.45) is 10.1. The van der Waals surface area contributed by atoms with E-state index in [9.17, 15) is 14.7 Å². The van der Waals surface area contributed by atoms with Crippen molar-refractivity contribution < 1.29 is 43.2 Å². The number of hydrogen-bond acceptors (Lipinski definition) is 13. The second kappa shape index (κ2) is 14.4. The van der Waals surface area contributed by atoms with Crippen LogP contribution in [0.5, 0.6) is 5.75 Å². The molecule has 65 heavy (non-hydrogen) atoms. The van der Waals surface area contributed by atoms with Crippen LogP contribution in [0.3, 0.4) is 0 Å². The first kappa shape index (κ1) is 42.4. The number of carbonyl (C=O) groups excluding carboxylic acids is 3. The smallest absolute Gasteiger partial charge is 0.347 e. The molecule has 2 aromatic heterocycles. The number of epoxide rings is 1. The van der Waals surface area contributed by atoms with Crippen LogP contribution in [0.2, 0.25) is 0 Å². The molecule has 4 aromatic rings. The Labute approximate surface area is 379 Å². The molecular weight excluding hydrogens is 827 g/mol. The minimum absolute atomic E-state index is 0.114. The maximum atomic E-state index is 15.6. The van der Waals surface area contributed by atoms with Gasteiger partial charge in [0.05, 0.1) is 32.3 Å². The third-order valence-corrected chi connectivity index (χ3v) is 17.1. The van der Waals surface area contributed by atoms with Gasteiger partial charge in [-0.15, -0.1) is 0 Å². The lowest BCUT2D eigenvalue weighted by Crippen LogP contribution is -2.75. The molecule has 11 rings (SSSR count). The van der Waals surface area contributed by atoms with Gasteiger partial charge >= 0.3 is 17.9 Å². The van der Waals surface area contributed by atoms with Crippen LogP contribution in [0.15, 0.2) is 67.0 Å². The van der Waals surface area contributed by atoms with Gasteiger partial charge in [-0.1, -0.05) is 38.1 Å². The summed E-state index contributed by atoms with van der Waals surface area (Å²) in [5.41, 5.74) is -0.100. The van der Waals surface area contributed by atoms with E-state index in [1.807, 2.05) is 43.3 Å². The van der Waals surface area contributed by atoms with Crippen LogP contribution in [0, 0.1) is 11.3 Å². The molecule has 2 spiro atoms. The minimum Gasteiger partial charge on any atom is -0.496 e. The number of pyridine rings is 1. The van der Waals surface area contributed by atoms with Crippen molar-refractivity contribution in [2.45, 2.75) is 99.2 Å². The van der Waals surface area contributed by atoms with Crippen molar-refractivity contribution >= 4 is 34.5 Å². The number of fused-ring (bicyclic) bond motifs is 6. The highest BCUT2D eigenvalue weighted by Gasteiger charge is 2.98. The van der Waals surface area contributed by atoms with E-state index in [0.29, 0.717) is 82.6 Å². The second-order valence-electron chi connectivity index (χ2n) is 19.8. The van der Waals surface area contributed by atoms with E-state index in [1.165, 1.54) is 21.1 Å². The van der Waals surface area contributed by atoms with Gasteiger partial charge in [0.2, 0.25) is 0 Å². The summed E-state index contributed by atoms with van der Waals surface area (Å²) in [5, 5.41) is 13.2. The Kier molecular flexibility index (Phi) is 9.36. The van der Waals surface area contributed by atoms with Crippen molar-refractivity contribution in [3.63, 3.8) is 0 Å². The van der Waals surface area contributed by atoms with Gasteiger partial charge in [-0.25, -0.2) is 4.79 Å². The highest BCUT2D eigenvalue weighted by atomic mass is 16.7. The van der Waals surface area contributed by atoms with Gasteiger partial charge < -0.3 is 38.7 Å². The molecule has 4 fully saturated rings. The second-order valence-corrected chi connectivity index (χ2v) is 19.8. The number of esters is 3. The Balaban J connectivity index is 1.21. The van der Waals surface area contributed by atoms with E-state index in [0.717, 1.165) is 44.5 Å². The largest absolute Gasteiger partial charge is 0.496 e. The average Bonchev–Trinajstić information content (AvgIpc) is 3.56. The number of methoxy groups -OCH3 is 3. The van der Waals surface area contributed by atoms with Crippen molar-refractivity contribution in [3.05, 3.63) is 89.4 Å². The molecule has 3 saturated heterocycles. The third-order valence-electron chi connectivity index (χ3n) is 17.1. The van der Waals surface area contributed by atoms with E-state index in [2.05, 4.69) is 63.1 Å². The Hall–Kier alpha value is -5.28. The number of likely N-dealkylation sites (N-methyl/N-ethyl adjacent to an activating group) is 1. The van der Waals surface area contributed by atoms with Crippen molar-refractivity contribution in [2.24, 2.45) is 11.3 Å². The Morgan fingerprint density at radius 3 is 2.51 bits per heavy atom. The minimum atomic E-state index is -1.68. The first-order valence-electron chi connectivity index (χ1n) is 23.2. The predicted molar refractivity (Wildman–Crippen MR) is 241 cm³/mol. The van der Waals surface area contributed by atoms with Gasteiger partial charge in [0.15, 0.2) is 11.8 Å². The van der Waals surface area contributed by atoms with Crippen molar-refractivity contribution in [2.75, 3.05) is 66.0 Å². The van der Waals surface area contributed by atoms with Gasteiger partial charge in [0, 0.05) is 103 Å². The van der Waals surface area contributed by atoms with Crippen molar-refractivity contribution in [3.8, 4) is 16.9 Å². The molecule has 14 heteroatoms. The number of nitrogens with one attached hydrogen (secondary N) is 1. The molecule has 7 aliphatic rings. The van der Waals surface area contributed by atoms with Gasteiger partial charge in [-0.3, -0.25) is 24.4 Å². The van der Waals surface area contributed by atoms with Crippen LogP contribution < -0.4 is 9.64 Å². The molecule has 2 aromatic carbocycles. The maximum Gasteiger partial charge on any atom is 0.347 e. The van der Waals surface area contributed by atoms with E-state index in [4.69, 9.17) is 23.7 Å². The highest BCUT2D eigenvalue weighted by Crippen LogP contribution is 2.80. The number of carbonyl (C=O) groups is 3. The maximum absolute atomic E-state index is 15.6. The molecule has 2 N–H and O–H groups in total. The van der Waals surface area contributed by atoms with E-state index < -0.39 is 57.2 Å². The third kappa shape index (κ3) is 5.19. The summed E-state index contributed by atoms with van der Waals surface area (Å²) in [5.74, 6) is -1.17. The number of H-pyrrole nitrogens is 1. The topological polar surface area (TPSA) is 159 Å². The molecule has 1 aliphatic carbocycles. The summed E-state index contributed by atoms with van der Waals surface area (Å²) < 4.78 is 31.7. The van der Waals surface area contributed by atoms with Crippen LogP contribution in [-0.2, 0) is 50.6 Å². The van der Waals surface area contributed by atoms with Gasteiger partial charge in [-0.05, 0) is 91.9 Å². The molecule has 6 aliphatic heterocycles. The first-order valence-corrected chi connectivity index (χ1v) is 23.2. The number of hydrogen-bond donors (Lipinski definition) is 2. The zero-order valence-electron chi connectivity index (χ0n) is 38.4. The Bertz CT molecular complexity index is 2690. The SMILES string of the molecule is CC[C@]1(O)C[C@H]2CN(CCc3c([nH]c4ccc(-c5cccnc5)cc34)[C@@](C(=O)OC)(c3cc4c(cc3OC)N(C)[C@@]35O[C@]3(C(=O)OC)[C@H](OC(C)=O)[C@]3(CC)C=CCN6CC[C@]45[C@@H]63)C2)C1. The van der Waals surface area contributed by atoms with Gasteiger partial charge in [-0.2, -0.15) is 0 Å². The van der Waals surface area contributed by atoms with Crippen molar-refractivity contribution in [1.29, 1.82) is 0 Å². The Morgan fingerprint density at radius 1 is 0.985 bits per heavy atom. The molecule has 342 valence electrons. The molecule has 1 unspecified atom stereocenters. The number of aromatic nitrogens is 2. The highest BCUT2D eigenvalue weighted by molar-refractivity contribution is 5.97. The standard InChI is InChI=1S/C51H59N5O9/c1-8-46(60)25-31-26-48(44(58)62-6,41-34(15-20-55(28-31)29-46)35-22-32(13-14-38(35)53-41)33-12-10-18-52-27-33)37-23-36-39(24-40(37)61-5)54(4)51-49(36)17-21-56-19-11-16-47(9-2,42(49)56)43(64-30(3)57)50(51,65-51)45(59)63-7/h10-14,16,18,22-24,27,31,42-43,53,60H,8-9,15,17,19-21,25-26,28-29H2,1-7H3/t31-,42+,43-,46+,47-,48+,49-,50+,51+/m1/s1. The summed E-state index contributed by atoms with van der Waals surface area (Å²) in [6, 6.07) is 14.2. The molecule has 1 saturated carbocycles. The number of aliphatic hydroxyl groups is 1. The molecule has 0 amide bonds. The molecule has 8 heterocycles. The first-order chi connectivity index (χ1) is 31.3. The van der Waals surface area contributed by atoms with E-state index in [1.54, 1.807) is 13.3 Å². The number of ether oxygens (including phenoxy) is 5. The fraction of sp³-hybridized carbons (Fsp3) is 0.529. The molecular formula is C51H59N5O9. The van der Waals surface area contributed by atoms with Crippen LogP contribution in [0.1, 0.15) is 75.3 Å². The number of rotatable bonds is 8. The molecule has 2 bridgehead atoms. The van der Waals surface area contributed by atoms with Crippen LogP contribution in [-0.4, -0.2) is 133 Å². The lowest BCUT2D eigenvalue weighted by molar-refractivity contribution is -0.178. The van der Waals surface area contributed by atoms with Crippen molar-refractivity contribution in [1.82, 2.24) is 19.8 Å². The van der Waals surface area contributed by atoms with Gasteiger partial charge in [0.1, 0.15) is 11.2 Å². The Morgan fingerprint density at radius 2 is 1.80 bits per heavy atom. The number of anilines is 1. The molecule has 0 radical (unpaired) electrons. The monoisotopic (exact) mass is 885 g/mol. The summed E-state index contributed by atoms with van der Waals surface area (Å²) >= 11 is 0. The number of benzene rings is 2. The van der Waals surface area contributed by atoms with Crippen LogP contribution in [0.25, 0.3) is 22.0 Å². The fourth-order valence-electron chi connectivity index (χ4n) is 14.6.